The van der Waals surface area contributed by atoms with E-state index in [1.54, 1.807) is 6.92 Å². The highest BCUT2D eigenvalue weighted by atomic mass is 16.5. The van der Waals surface area contributed by atoms with Gasteiger partial charge in [-0.2, -0.15) is 0 Å². The van der Waals surface area contributed by atoms with E-state index in [1.807, 2.05) is 13.1 Å². The summed E-state index contributed by atoms with van der Waals surface area (Å²) >= 11 is 0. The van der Waals surface area contributed by atoms with Crippen molar-refractivity contribution in [3.63, 3.8) is 0 Å². The predicted molar refractivity (Wildman–Crippen MR) is 53.3 cm³/mol. The van der Waals surface area contributed by atoms with E-state index in [4.69, 9.17) is 4.74 Å². The van der Waals surface area contributed by atoms with Crippen molar-refractivity contribution in [3.8, 4) is 0 Å². The quantitative estimate of drug-likeness (QED) is 0.483. The Bertz CT molecular complexity index is 183. The highest BCUT2D eigenvalue weighted by molar-refractivity contribution is 5.87. The molecule has 76 valence electrons. The lowest BCUT2D eigenvalue weighted by molar-refractivity contribution is -0.138. The first kappa shape index (κ1) is 12.0. The zero-order chi connectivity index (χ0) is 10.3. The smallest absolute Gasteiger partial charge is 0.335 e. The summed E-state index contributed by atoms with van der Waals surface area (Å²) in [5.74, 6) is -0.227. The highest BCUT2D eigenvalue weighted by Crippen LogP contribution is 1.99. The van der Waals surface area contributed by atoms with Crippen LogP contribution >= 0.6 is 0 Å². The summed E-state index contributed by atoms with van der Waals surface area (Å²) in [5, 5.41) is 0. The number of nitrogens with zero attached hydrogens (tertiary/aromatic N) is 1. The normalized spacial score (nSPS) is 11.2. The van der Waals surface area contributed by atoms with Gasteiger partial charge in [-0.3, -0.25) is 0 Å². The van der Waals surface area contributed by atoms with Crippen molar-refractivity contribution < 1.29 is 9.53 Å². The third kappa shape index (κ3) is 4.55. The molecule has 0 radical (unpaired) electrons. The Morgan fingerprint density at radius 3 is 2.23 bits per heavy atom. The van der Waals surface area contributed by atoms with Crippen molar-refractivity contribution in [3.05, 3.63) is 11.8 Å². The maximum absolute atomic E-state index is 11.2. The van der Waals surface area contributed by atoms with E-state index in [1.165, 1.54) is 0 Å². The van der Waals surface area contributed by atoms with Gasteiger partial charge in [0.2, 0.25) is 0 Å². The Kier molecular flexibility index (Phi) is 6.02. The van der Waals surface area contributed by atoms with E-state index in [-0.39, 0.29) is 5.97 Å². The van der Waals surface area contributed by atoms with Gasteiger partial charge in [-0.15, -0.1) is 0 Å². The molecule has 0 aliphatic carbocycles. The van der Waals surface area contributed by atoms with Crippen LogP contribution in [0.15, 0.2) is 11.8 Å². The topological polar surface area (TPSA) is 29.5 Å². The number of ether oxygens (including phenoxy) is 1. The molecule has 0 fully saturated rings. The zero-order valence-corrected chi connectivity index (χ0v) is 8.96. The minimum Gasteiger partial charge on any atom is -0.463 e. The second-order valence-electron chi connectivity index (χ2n) is 2.75. The van der Waals surface area contributed by atoms with Crippen LogP contribution in [0.3, 0.4) is 0 Å². The van der Waals surface area contributed by atoms with E-state index in [0.717, 1.165) is 13.1 Å². The number of hydrogen-bond donors (Lipinski definition) is 0. The van der Waals surface area contributed by atoms with E-state index >= 15 is 0 Å². The van der Waals surface area contributed by atoms with Gasteiger partial charge >= 0.3 is 5.97 Å². The molecule has 0 atom stereocenters. The number of rotatable bonds is 5. The molecule has 0 aromatic heterocycles. The molecule has 0 saturated carbocycles. The van der Waals surface area contributed by atoms with Crippen LogP contribution in [0.2, 0.25) is 0 Å². The highest BCUT2D eigenvalue weighted by Gasteiger charge is 2.05. The maximum atomic E-state index is 11.2. The van der Waals surface area contributed by atoms with Crippen LogP contribution in [0.5, 0.6) is 0 Å². The summed E-state index contributed by atoms with van der Waals surface area (Å²) in [6, 6.07) is 0. The Hall–Kier alpha value is -0.990. The standard InChI is InChI=1S/C10H19NO2/c1-5-11(6-2)8-9(4)10(12)13-7-3/h8H,5-7H2,1-4H3. The number of carbonyl (C=O) groups is 1. The van der Waals surface area contributed by atoms with E-state index in [2.05, 4.69) is 18.7 Å². The molecule has 0 N–H and O–H groups in total. The van der Waals surface area contributed by atoms with Crippen molar-refractivity contribution in [2.45, 2.75) is 27.7 Å². The minimum absolute atomic E-state index is 0.227. The van der Waals surface area contributed by atoms with Crippen molar-refractivity contribution in [1.82, 2.24) is 4.90 Å². The second-order valence-corrected chi connectivity index (χ2v) is 2.75. The third-order valence-electron chi connectivity index (χ3n) is 1.79. The summed E-state index contributed by atoms with van der Waals surface area (Å²) in [4.78, 5) is 13.3. The Morgan fingerprint density at radius 1 is 1.31 bits per heavy atom. The first-order chi connectivity index (χ1) is 6.15. The average molecular weight is 185 g/mol. The average Bonchev–Trinajstić information content (AvgIpc) is 2.14. The fourth-order valence-corrected chi connectivity index (χ4v) is 0.978. The number of carbonyl (C=O) groups excluding carboxylic acids is 1. The zero-order valence-electron chi connectivity index (χ0n) is 8.96. The molecular weight excluding hydrogens is 166 g/mol. The Balaban J connectivity index is 4.20. The fourth-order valence-electron chi connectivity index (χ4n) is 0.978. The third-order valence-corrected chi connectivity index (χ3v) is 1.79. The van der Waals surface area contributed by atoms with Gasteiger partial charge in [0, 0.05) is 24.9 Å². The Morgan fingerprint density at radius 2 is 1.85 bits per heavy atom. The summed E-state index contributed by atoms with van der Waals surface area (Å²) in [6.07, 6.45) is 1.85. The van der Waals surface area contributed by atoms with Gasteiger partial charge in [0.25, 0.3) is 0 Å². The van der Waals surface area contributed by atoms with Crippen LogP contribution in [-0.4, -0.2) is 30.6 Å². The van der Waals surface area contributed by atoms with Crippen molar-refractivity contribution in [2.75, 3.05) is 19.7 Å². The van der Waals surface area contributed by atoms with Gasteiger partial charge in [0.15, 0.2) is 0 Å². The van der Waals surface area contributed by atoms with Gasteiger partial charge < -0.3 is 9.64 Å². The lowest BCUT2D eigenvalue weighted by Crippen LogP contribution is -2.18. The molecule has 3 nitrogen and oxygen atoms in total. The fraction of sp³-hybridized carbons (Fsp3) is 0.700. The van der Waals surface area contributed by atoms with Gasteiger partial charge in [-0.05, 0) is 27.7 Å². The number of hydrogen-bond acceptors (Lipinski definition) is 3. The molecule has 0 spiro atoms. The van der Waals surface area contributed by atoms with Crippen LogP contribution in [-0.2, 0) is 9.53 Å². The van der Waals surface area contributed by atoms with Crippen molar-refractivity contribution in [2.24, 2.45) is 0 Å². The van der Waals surface area contributed by atoms with Crippen LogP contribution < -0.4 is 0 Å². The molecule has 0 aromatic rings. The van der Waals surface area contributed by atoms with Crippen LogP contribution in [0.4, 0.5) is 0 Å². The predicted octanol–water partition coefficient (Wildman–Crippen LogP) is 1.80. The molecule has 0 saturated heterocycles. The molecule has 0 aliphatic rings. The Labute approximate surface area is 80.4 Å². The molecule has 0 unspecified atom stereocenters. The first-order valence-corrected chi connectivity index (χ1v) is 4.75. The van der Waals surface area contributed by atoms with Crippen LogP contribution in [0.1, 0.15) is 27.7 Å². The molecule has 0 aliphatic heterocycles. The second kappa shape index (κ2) is 6.52. The van der Waals surface area contributed by atoms with Gasteiger partial charge in [-0.25, -0.2) is 4.79 Å². The molecular formula is C10H19NO2. The summed E-state index contributed by atoms with van der Waals surface area (Å²) in [6.45, 7) is 9.94. The monoisotopic (exact) mass is 185 g/mol. The van der Waals surface area contributed by atoms with E-state index in [9.17, 15) is 4.79 Å². The largest absolute Gasteiger partial charge is 0.463 e. The van der Waals surface area contributed by atoms with Gasteiger partial charge in [-0.1, -0.05) is 0 Å². The number of esters is 1. The molecule has 0 rings (SSSR count). The first-order valence-electron chi connectivity index (χ1n) is 4.75. The van der Waals surface area contributed by atoms with E-state index < -0.39 is 0 Å². The summed E-state index contributed by atoms with van der Waals surface area (Å²) < 4.78 is 4.86. The lowest BCUT2D eigenvalue weighted by Gasteiger charge is -2.16. The van der Waals surface area contributed by atoms with Gasteiger partial charge in [0.1, 0.15) is 0 Å². The molecule has 0 amide bonds. The van der Waals surface area contributed by atoms with Crippen molar-refractivity contribution in [1.29, 1.82) is 0 Å². The molecule has 0 bridgehead atoms. The summed E-state index contributed by atoms with van der Waals surface area (Å²) in [7, 11) is 0. The molecule has 0 heterocycles. The van der Waals surface area contributed by atoms with Gasteiger partial charge in [0.05, 0.1) is 6.61 Å². The van der Waals surface area contributed by atoms with Crippen molar-refractivity contribution >= 4 is 5.97 Å². The summed E-state index contributed by atoms with van der Waals surface area (Å²) in [5.41, 5.74) is 0.658. The van der Waals surface area contributed by atoms with E-state index in [0.29, 0.717) is 12.2 Å². The molecule has 0 aromatic carbocycles. The SMILES string of the molecule is CCOC(=O)C(C)=CN(CC)CC. The molecule has 13 heavy (non-hydrogen) atoms. The lowest BCUT2D eigenvalue weighted by atomic mass is 10.3. The maximum Gasteiger partial charge on any atom is 0.335 e. The van der Waals surface area contributed by atoms with Crippen LogP contribution in [0, 0.1) is 0 Å². The minimum atomic E-state index is -0.227. The molecule has 3 heteroatoms. The van der Waals surface area contributed by atoms with Crippen LogP contribution in [0.25, 0.3) is 0 Å².